The fourth-order valence-electron chi connectivity index (χ4n) is 2.77. The number of likely N-dealkylation sites (tertiary alicyclic amines) is 1. The molecule has 73 valence electrons. The van der Waals surface area contributed by atoms with Crippen molar-refractivity contribution in [2.75, 3.05) is 20.1 Å². The number of carbonyl (C=O) groups is 1. The first-order valence-corrected chi connectivity index (χ1v) is 4.90. The summed E-state index contributed by atoms with van der Waals surface area (Å²) in [6.07, 6.45) is 5.14. The Balaban J connectivity index is 2.20. The summed E-state index contributed by atoms with van der Waals surface area (Å²) in [5, 5.41) is 9.20. The topological polar surface area (TPSA) is 40.5 Å². The highest BCUT2D eigenvalue weighted by atomic mass is 16.4. The first kappa shape index (κ1) is 9.00. The van der Waals surface area contributed by atoms with Gasteiger partial charge in [-0.2, -0.15) is 0 Å². The molecule has 0 amide bonds. The molecule has 1 aliphatic heterocycles. The quantitative estimate of drug-likeness (QED) is 0.658. The first-order chi connectivity index (χ1) is 6.12. The summed E-state index contributed by atoms with van der Waals surface area (Å²) in [5.41, 5.74) is -0.532. The smallest absolute Gasteiger partial charge is 0.311 e. The molecule has 2 aliphatic rings. The maximum Gasteiger partial charge on any atom is 0.311 e. The Bertz CT molecular complexity index is 225. The molecule has 0 aromatic heterocycles. The summed E-state index contributed by atoms with van der Waals surface area (Å²) in [5.74, 6) is -0.132. The van der Waals surface area contributed by atoms with Crippen LogP contribution in [-0.4, -0.2) is 36.1 Å². The van der Waals surface area contributed by atoms with Gasteiger partial charge in [0.2, 0.25) is 0 Å². The van der Waals surface area contributed by atoms with Gasteiger partial charge < -0.3 is 10.0 Å². The molecular formula is C10H16NO2. The molecule has 2 rings (SSSR count). The van der Waals surface area contributed by atoms with E-state index in [9.17, 15) is 9.90 Å². The molecule has 2 atom stereocenters. The van der Waals surface area contributed by atoms with Crippen molar-refractivity contribution in [2.45, 2.75) is 19.3 Å². The van der Waals surface area contributed by atoms with Crippen LogP contribution in [0.1, 0.15) is 19.3 Å². The van der Waals surface area contributed by atoms with Gasteiger partial charge in [-0.3, -0.25) is 4.79 Å². The van der Waals surface area contributed by atoms with Crippen molar-refractivity contribution in [3.05, 3.63) is 6.42 Å². The van der Waals surface area contributed by atoms with Gasteiger partial charge >= 0.3 is 5.97 Å². The lowest BCUT2D eigenvalue weighted by atomic mass is 9.67. The Kier molecular flexibility index (Phi) is 2.06. The van der Waals surface area contributed by atoms with Crippen LogP contribution >= 0.6 is 0 Å². The van der Waals surface area contributed by atoms with Gasteiger partial charge in [-0.05, 0) is 32.2 Å². The fourth-order valence-corrected chi connectivity index (χ4v) is 2.77. The molecule has 3 heteroatoms. The van der Waals surface area contributed by atoms with Crippen molar-refractivity contribution in [3.63, 3.8) is 0 Å². The van der Waals surface area contributed by atoms with Crippen LogP contribution in [0.3, 0.4) is 0 Å². The number of fused-ring (bicyclic) bond motifs is 2. The van der Waals surface area contributed by atoms with E-state index in [-0.39, 0.29) is 0 Å². The number of piperidine rings is 1. The van der Waals surface area contributed by atoms with Gasteiger partial charge in [0, 0.05) is 13.1 Å². The predicted octanol–water partition coefficient (Wildman–Crippen LogP) is 1.01. The van der Waals surface area contributed by atoms with E-state index in [2.05, 4.69) is 11.3 Å². The van der Waals surface area contributed by atoms with Crippen molar-refractivity contribution < 1.29 is 9.90 Å². The molecule has 1 saturated heterocycles. The average Bonchev–Trinajstić information content (AvgIpc) is 2.02. The predicted molar refractivity (Wildman–Crippen MR) is 49.2 cm³/mol. The van der Waals surface area contributed by atoms with Gasteiger partial charge in [0.15, 0.2) is 0 Å². The van der Waals surface area contributed by atoms with Gasteiger partial charge in [-0.1, -0.05) is 6.42 Å². The summed E-state index contributed by atoms with van der Waals surface area (Å²) >= 11 is 0. The van der Waals surface area contributed by atoms with Gasteiger partial charge in [0.25, 0.3) is 0 Å². The Hall–Kier alpha value is -0.570. The fraction of sp³-hybridized carbons (Fsp3) is 0.800. The summed E-state index contributed by atoms with van der Waals surface area (Å²) in [6.45, 7) is 1.73. The first-order valence-electron chi connectivity index (χ1n) is 4.90. The Labute approximate surface area is 78.7 Å². The van der Waals surface area contributed by atoms with Crippen LogP contribution in [0.15, 0.2) is 0 Å². The number of rotatable bonds is 1. The van der Waals surface area contributed by atoms with E-state index < -0.39 is 11.4 Å². The van der Waals surface area contributed by atoms with Gasteiger partial charge in [-0.25, -0.2) is 0 Å². The van der Waals surface area contributed by atoms with Crippen molar-refractivity contribution in [1.82, 2.24) is 4.90 Å². The van der Waals surface area contributed by atoms with E-state index in [1.807, 2.05) is 7.05 Å². The number of hydrogen-bond acceptors (Lipinski definition) is 2. The standard InChI is InChI=1S/C10H16NO2/c1-11-6-8-3-2-4-10(5-8,7-11)9(12)13/h5,8H,2-4,6-7H2,1H3,(H,12,13). The number of carboxylic acids is 1. The highest BCUT2D eigenvalue weighted by molar-refractivity contribution is 5.77. The molecule has 2 fully saturated rings. The highest BCUT2D eigenvalue weighted by Gasteiger charge is 2.47. The Morgan fingerprint density at radius 3 is 3.15 bits per heavy atom. The molecule has 1 radical (unpaired) electrons. The van der Waals surface area contributed by atoms with E-state index in [4.69, 9.17) is 0 Å². The van der Waals surface area contributed by atoms with Crippen molar-refractivity contribution in [2.24, 2.45) is 11.3 Å². The second-order valence-corrected chi connectivity index (χ2v) is 4.48. The third-order valence-electron chi connectivity index (χ3n) is 3.28. The molecule has 13 heavy (non-hydrogen) atoms. The summed E-state index contributed by atoms with van der Waals surface area (Å²) in [6, 6.07) is 0. The molecule has 0 spiro atoms. The van der Waals surface area contributed by atoms with Crippen molar-refractivity contribution in [3.8, 4) is 0 Å². The minimum Gasteiger partial charge on any atom is -0.481 e. The second kappa shape index (κ2) is 2.98. The molecule has 1 saturated carbocycles. The lowest BCUT2D eigenvalue weighted by Gasteiger charge is -2.45. The van der Waals surface area contributed by atoms with Gasteiger partial charge in [0.1, 0.15) is 0 Å². The molecule has 0 aromatic carbocycles. The zero-order chi connectivity index (χ0) is 9.47. The van der Waals surface area contributed by atoms with E-state index >= 15 is 0 Å². The van der Waals surface area contributed by atoms with Crippen molar-refractivity contribution >= 4 is 5.97 Å². The zero-order valence-corrected chi connectivity index (χ0v) is 7.99. The van der Waals surface area contributed by atoms with E-state index in [1.54, 1.807) is 0 Å². The van der Waals surface area contributed by atoms with E-state index in [0.717, 1.165) is 19.4 Å². The van der Waals surface area contributed by atoms with E-state index in [1.165, 1.54) is 6.42 Å². The zero-order valence-electron chi connectivity index (χ0n) is 7.99. The van der Waals surface area contributed by atoms with Crippen LogP contribution in [0.5, 0.6) is 0 Å². The number of aliphatic carboxylic acids is 1. The molecule has 0 aromatic rings. The molecule has 2 unspecified atom stereocenters. The number of carboxylic acid groups (broad SMARTS) is 1. The van der Waals surface area contributed by atoms with Crippen LogP contribution < -0.4 is 0 Å². The van der Waals surface area contributed by atoms with Gasteiger partial charge in [-0.15, -0.1) is 0 Å². The third-order valence-corrected chi connectivity index (χ3v) is 3.28. The SMILES string of the molecule is CN1CC2[CH]C(C(=O)O)(CCC2)C1. The van der Waals surface area contributed by atoms with Gasteiger partial charge in [0.05, 0.1) is 5.41 Å². The summed E-state index contributed by atoms with van der Waals surface area (Å²) in [4.78, 5) is 13.3. The normalized spacial score (nSPS) is 40.2. The van der Waals surface area contributed by atoms with Crippen LogP contribution in [0, 0.1) is 17.8 Å². The number of nitrogens with zero attached hydrogens (tertiary/aromatic N) is 1. The Morgan fingerprint density at radius 2 is 2.46 bits per heavy atom. The molecule has 3 nitrogen and oxygen atoms in total. The molecular weight excluding hydrogens is 166 g/mol. The van der Waals surface area contributed by atoms with Crippen LogP contribution in [0.2, 0.25) is 0 Å². The van der Waals surface area contributed by atoms with Crippen LogP contribution in [0.25, 0.3) is 0 Å². The average molecular weight is 182 g/mol. The maximum absolute atomic E-state index is 11.2. The van der Waals surface area contributed by atoms with E-state index in [0.29, 0.717) is 12.5 Å². The number of hydrogen-bond donors (Lipinski definition) is 1. The molecule has 1 N–H and O–H groups in total. The lowest BCUT2D eigenvalue weighted by Crippen LogP contribution is -2.52. The summed E-state index contributed by atoms with van der Waals surface area (Å²) < 4.78 is 0. The molecule has 2 bridgehead atoms. The molecule has 1 heterocycles. The Morgan fingerprint density at radius 1 is 1.69 bits per heavy atom. The third kappa shape index (κ3) is 1.46. The summed E-state index contributed by atoms with van der Waals surface area (Å²) in [7, 11) is 2.02. The lowest BCUT2D eigenvalue weighted by molar-refractivity contribution is -0.151. The largest absolute Gasteiger partial charge is 0.481 e. The maximum atomic E-state index is 11.2. The molecule has 1 aliphatic carbocycles. The van der Waals surface area contributed by atoms with Crippen LogP contribution in [-0.2, 0) is 4.79 Å². The monoisotopic (exact) mass is 182 g/mol. The van der Waals surface area contributed by atoms with Crippen molar-refractivity contribution in [1.29, 1.82) is 0 Å². The van der Waals surface area contributed by atoms with Crippen LogP contribution in [0.4, 0.5) is 0 Å². The highest BCUT2D eigenvalue weighted by Crippen LogP contribution is 2.42. The second-order valence-electron chi connectivity index (χ2n) is 4.48. The minimum atomic E-state index is -0.635. The minimum absolute atomic E-state index is 0.503.